The summed E-state index contributed by atoms with van der Waals surface area (Å²) < 4.78 is 28.8. The molecule has 3 rings (SSSR count). The van der Waals surface area contributed by atoms with E-state index in [1.165, 1.54) is 12.6 Å². The number of hydrogen-bond donors (Lipinski definition) is 1. The second-order valence-electron chi connectivity index (χ2n) is 8.18. The van der Waals surface area contributed by atoms with Crippen molar-refractivity contribution in [2.75, 3.05) is 44.1 Å². The van der Waals surface area contributed by atoms with E-state index in [1.54, 1.807) is 0 Å². The highest BCUT2D eigenvalue weighted by molar-refractivity contribution is 7.90. The number of sulfone groups is 1. The first-order chi connectivity index (χ1) is 14.6. The highest BCUT2D eigenvalue weighted by atomic mass is 32.2. The van der Waals surface area contributed by atoms with Crippen molar-refractivity contribution < 1.29 is 17.9 Å². The van der Waals surface area contributed by atoms with Crippen LogP contribution >= 0.6 is 0 Å². The van der Waals surface area contributed by atoms with E-state index in [4.69, 9.17) is 4.74 Å². The normalized spacial score (nSPS) is 14.0. The number of hydrogen-bond acceptors (Lipinski definition) is 7. The maximum absolute atomic E-state index is 12.2. The Morgan fingerprint density at radius 2 is 1.87 bits per heavy atom. The zero-order valence-corrected chi connectivity index (χ0v) is 19.3. The lowest BCUT2D eigenvalue weighted by Gasteiger charge is -2.19. The van der Waals surface area contributed by atoms with Gasteiger partial charge in [0.2, 0.25) is 5.91 Å². The van der Waals surface area contributed by atoms with Crippen LogP contribution in [0.25, 0.3) is 11.1 Å². The van der Waals surface area contributed by atoms with Gasteiger partial charge < -0.3 is 15.0 Å². The Bertz CT molecular complexity index is 1030. The van der Waals surface area contributed by atoms with Crippen LogP contribution in [-0.4, -0.2) is 67.9 Å². The molecule has 168 valence electrons. The lowest BCUT2D eigenvalue weighted by atomic mass is 10.0. The molecule has 0 bridgehead atoms. The molecule has 1 heterocycles. The largest absolute Gasteiger partial charge is 0.492 e. The number of ether oxygens (including phenoxy) is 1. The van der Waals surface area contributed by atoms with Crippen LogP contribution in [0.2, 0.25) is 0 Å². The number of anilines is 1. The maximum Gasteiger partial charge on any atom is 0.227 e. The number of nitrogens with zero attached hydrogens (tertiary/aromatic N) is 3. The Kier molecular flexibility index (Phi) is 7.27. The number of aromatic nitrogens is 2. The molecule has 0 unspecified atom stereocenters. The predicted octanol–water partition coefficient (Wildman–Crippen LogP) is 2.46. The molecular formula is C22H30N4O4S. The molecule has 1 saturated carbocycles. The molecule has 1 aromatic carbocycles. The van der Waals surface area contributed by atoms with Crippen LogP contribution in [-0.2, 0) is 14.6 Å². The number of carbonyl (C=O) groups is 1. The van der Waals surface area contributed by atoms with Crippen LogP contribution in [0, 0.1) is 19.8 Å². The van der Waals surface area contributed by atoms with E-state index in [-0.39, 0.29) is 17.6 Å². The summed E-state index contributed by atoms with van der Waals surface area (Å²) in [5.41, 5.74) is 4.07. The van der Waals surface area contributed by atoms with E-state index >= 15 is 0 Å². The number of aryl methyl sites for hydroxylation is 2. The number of benzene rings is 1. The fourth-order valence-corrected chi connectivity index (χ4v) is 3.89. The van der Waals surface area contributed by atoms with Crippen molar-refractivity contribution in [1.82, 2.24) is 14.9 Å². The third-order valence-electron chi connectivity index (χ3n) is 5.27. The van der Waals surface area contributed by atoms with Gasteiger partial charge in [0.25, 0.3) is 0 Å². The van der Waals surface area contributed by atoms with Crippen LogP contribution in [0.3, 0.4) is 0 Å². The number of carbonyl (C=O) groups excluding carboxylic acids is 1. The minimum atomic E-state index is -3.00. The summed E-state index contributed by atoms with van der Waals surface area (Å²) in [4.78, 5) is 22.8. The molecule has 1 aliphatic carbocycles. The van der Waals surface area contributed by atoms with Gasteiger partial charge >= 0.3 is 0 Å². The molecule has 0 aliphatic heterocycles. The average Bonchev–Trinajstić information content (AvgIpc) is 3.52. The minimum Gasteiger partial charge on any atom is -0.492 e. The fraction of sp³-hybridized carbons (Fsp3) is 0.500. The second kappa shape index (κ2) is 9.74. The summed E-state index contributed by atoms with van der Waals surface area (Å²) in [6.07, 6.45) is 4.65. The Morgan fingerprint density at radius 1 is 1.19 bits per heavy atom. The summed E-state index contributed by atoms with van der Waals surface area (Å²) in [7, 11) is -1.13. The smallest absolute Gasteiger partial charge is 0.227 e. The van der Waals surface area contributed by atoms with Crippen LogP contribution in [0.4, 0.5) is 5.69 Å². The molecule has 0 saturated heterocycles. The second-order valence-corrected chi connectivity index (χ2v) is 10.4. The van der Waals surface area contributed by atoms with Gasteiger partial charge in [0, 0.05) is 53.5 Å². The molecule has 9 heteroatoms. The summed E-state index contributed by atoms with van der Waals surface area (Å²) in [5.74, 6) is 0.946. The molecule has 0 atom stereocenters. The highest BCUT2D eigenvalue weighted by Crippen LogP contribution is 2.36. The molecule has 1 aliphatic rings. The van der Waals surface area contributed by atoms with Gasteiger partial charge in [0.15, 0.2) is 0 Å². The first-order valence-electron chi connectivity index (χ1n) is 10.4. The molecular weight excluding hydrogens is 416 g/mol. The Morgan fingerprint density at radius 3 is 2.48 bits per heavy atom. The quantitative estimate of drug-likeness (QED) is 0.598. The molecule has 1 fully saturated rings. The molecule has 2 aromatic rings. The van der Waals surface area contributed by atoms with Crippen molar-refractivity contribution >= 4 is 21.4 Å². The van der Waals surface area contributed by atoms with Crippen LogP contribution in [0.15, 0.2) is 24.5 Å². The topological polar surface area (TPSA) is 101 Å². The zero-order chi connectivity index (χ0) is 22.6. The number of rotatable bonds is 10. The third kappa shape index (κ3) is 6.73. The van der Waals surface area contributed by atoms with E-state index in [1.807, 2.05) is 44.0 Å². The van der Waals surface area contributed by atoms with E-state index in [0.29, 0.717) is 31.1 Å². The molecule has 8 nitrogen and oxygen atoms in total. The van der Waals surface area contributed by atoms with Crippen molar-refractivity contribution in [3.63, 3.8) is 0 Å². The van der Waals surface area contributed by atoms with E-state index in [0.717, 1.165) is 35.4 Å². The van der Waals surface area contributed by atoms with Gasteiger partial charge in [-0.25, -0.2) is 18.4 Å². The minimum absolute atomic E-state index is 0.0462. The summed E-state index contributed by atoms with van der Waals surface area (Å²) in [6, 6.07) is 5.59. The van der Waals surface area contributed by atoms with Crippen molar-refractivity contribution in [2.24, 2.45) is 5.92 Å². The summed E-state index contributed by atoms with van der Waals surface area (Å²) in [5, 5.41) is 2.98. The van der Waals surface area contributed by atoms with Crippen molar-refractivity contribution in [2.45, 2.75) is 26.7 Å². The lowest BCUT2D eigenvalue weighted by molar-refractivity contribution is -0.117. The van der Waals surface area contributed by atoms with Crippen LogP contribution in [0.1, 0.15) is 24.2 Å². The van der Waals surface area contributed by atoms with E-state index < -0.39 is 9.84 Å². The van der Waals surface area contributed by atoms with Gasteiger partial charge in [-0.1, -0.05) is 0 Å². The standard InChI is InChI=1S/C22H30N4O4S/c1-15-21(16(2)24-14-23-15)19-13-18(25-22(27)17-5-6-17)7-8-20(19)30-11-9-26(3)10-12-31(4,28)29/h7-8,13-14,17H,5-6,9-12H2,1-4H3,(H,25,27). The zero-order valence-electron chi connectivity index (χ0n) is 18.5. The van der Waals surface area contributed by atoms with Crippen LogP contribution < -0.4 is 10.1 Å². The van der Waals surface area contributed by atoms with E-state index in [2.05, 4.69) is 15.3 Å². The van der Waals surface area contributed by atoms with Crippen molar-refractivity contribution in [3.05, 3.63) is 35.9 Å². The number of nitrogens with one attached hydrogen (secondary N) is 1. The average molecular weight is 447 g/mol. The van der Waals surface area contributed by atoms with Crippen molar-refractivity contribution in [1.29, 1.82) is 0 Å². The Labute approximate surface area is 184 Å². The van der Waals surface area contributed by atoms with Gasteiger partial charge in [-0.2, -0.15) is 0 Å². The lowest BCUT2D eigenvalue weighted by Crippen LogP contribution is -2.29. The summed E-state index contributed by atoms with van der Waals surface area (Å²) >= 11 is 0. The Hall–Kier alpha value is -2.52. The molecule has 1 amide bonds. The van der Waals surface area contributed by atoms with E-state index in [9.17, 15) is 13.2 Å². The van der Waals surface area contributed by atoms with Gasteiger partial charge in [0.05, 0.1) is 5.75 Å². The van der Waals surface area contributed by atoms with Gasteiger partial charge in [-0.3, -0.25) is 4.79 Å². The number of likely N-dealkylation sites (N-methyl/N-ethyl adjacent to an activating group) is 1. The molecule has 0 radical (unpaired) electrons. The van der Waals surface area contributed by atoms with Gasteiger partial charge in [-0.05, 0) is 51.9 Å². The molecule has 31 heavy (non-hydrogen) atoms. The molecule has 1 N–H and O–H groups in total. The van der Waals surface area contributed by atoms with Gasteiger partial charge in [-0.15, -0.1) is 0 Å². The Balaban J connectivity index is 1.77. The van der Waals surface area contributed by atoms with Crippen molar-refractivity contribution in [3.8, 4) is 16.9 Å². The highest BCUT2D eigenvalue weighted by Gasteiger charge is 2.29. The number of amides is 1. The maximum atomic E-state index is 12.2. The van der Waals surface area contributed by atoms with Gasteiger partial charge in [0.1, 0.15) is 28.5 Å². The first-order valence-corrected chi connectivity index (χ1v) is 12.4. The first kappa shape index (κ1) is 23.1. The fourth-order valence-electron chi connectivity index (χ4n) is 3.25. The predicted molar refractivity (Wildman–Crippen MR) is 121 cm³/mol. The molecule has 1 aromatic heterocycles. The van der Waals surface area contributed by atoms with Crippen LogP contribution in [0.5, 0.6) is 5.75 Å². The summed E-state index contributed by atoms with van der Waals surface area (Å²) in [6.45, 7) is 5.27. The third-order valence-corrected chi connectivity index (χ3v) is 6.19. The SMILES string of the molecule is Cc1ncnc(C)c1-c1cc(NC(=O)C2CC2)ccc1OCCN(C)CCS(C)(=O)=O. The monoisotopic (exact) mass is 446 g/mol. The molecule has 0 spiro atoms.